The van der Waals surface area contributed by atoms with E-state index in [0.717, 1.165) is 11.1 Å². The van der Waals surface area contributed by atoms with Crippen molar-refractivity contribution in [3.8, 4) is 0 Å². The van der Waals surface area contributed by atoms with Gasteiger partial charge in [-0.1, -0.05) is 42.0 Å². The van der Waals surface area contributed by atoms with E-state index in [2.05, 4.69) is 4.74 Å². The summed E-state index contributed by atoms with van der Waals surface area (Å²) in [5.41, 5.74) is 3.04. The Labute approximate surface area is 118 Å². The minimum atomic E-state index is -0.435. The van der Waals surface area contributed by atoms with Crippen LogP contribution in [0.1, 0.15) is 31.8 Å². The second-order valence-electron chi connectivity index (χ2n) is 4.66. The van der Waals surface area contributed by atoms with Crippen LogP contribution in [0.4, 0.5) is 0 Å². The minimum Gasteiger partial charge on any atom is -0.465 e. The van der Waals surface area contributed by atoms with Crippen molar-refractivity contribution in [1.29, 1.82) is 0 Å². The Morgan fingerprint density at radius 1 is 1.00 bits per heavy atom. The van der Waals surface area contributed by atoms with Crippen molar-refractivity contribution in [2.75, 3.05) is 7.11 Å². The molecule has 0 radical (unpaired) electrons. The van der Waals surface area contributed by atoms with Crippen LogP contribution in [-0.2, 0) is 11.2 Å². The van der Waals surface area contributed by atoms with Gasteiger partial charge in [-0.15, -0.1) is 0 Å². The smallest absolute Gasteiger partial charge is 0.337 e. The fourth-order valence-electron chi connectivity index (χ4n) is 1.93. The van der Waals surface area contributed by atoms with Crippen LogP contribution in [0.3, 0.4) is 0 Å². The van der Waals surface area contributed by atoms with Gasteiger partial charge in [-0.05, 0) is 24.6 Å². The third-order valence-electron chi connectivity index (χ3n) is 3.09. The van der Waals surface area contributed by atoms with Crippen LogP contribution in [0.5, 0.6) is 0 Å². The molecule has 2 aromatic rings. The molecule has 0 amide bonds. The Balaban J connectivity index is 2.17. The third-order valence-corrected chi connectivity index (χ3v) is 3.09. The summed E-state index contributed by atoms with van der Waals surface area (Å²) < 4.78 is 4.65. The highest BCUT2D eigenvalue weighted by atomic mass is 16.5. The molecule has 0 bridgehead atoms. The van der Waals surface area contributed by atoms with E-state index in [1.54, 1.807) is 24.3 Å². The summed E-state index contributed by atoms with van der Waals surface area (Å²) in [6.45, 7) is 2.01. The van der Waals surface area contributed by atoms with Crippen LogP contribution < -0.4 is 0 Å². The maximum atomic E-state index is 12.2. The Kier molecular flexibility index (Phi) is 4.31. The molecule has 102 valence electrons. The van der Waals surface area contributed by atoms with E-state index < -0.39 is 5.97 Å². The van der Waals surface area contributed by atoms with Crippen LogP contribution in [0, 0.1) is 6.92 Å². The fourth-order valence-corrected chi connectivity index (χ4v) is 1.93. The summed E-state index contributed by atoms with van der Waals surface area (Å²) in [6.07, 6.45) is 0.324. The zero-order valence-corrected chi connectivity index (χ0v) is 11.6. The Bertz CT molecular complexity index is 627. The summed E-state index contributed by atoms with van der Waals surface area (Å²) in [5, 5.41) is 0. The van der Waals surface area contributed by atoms with Crippen molar-refractivity contribution in [3.63, 3.8) is 0 Å². The lowest BCUT2D eigenvalue weighted by Gasteiger charge is -2.04. The van der Waals surface area contributed by atoms with Gasteiger partial charge in [-0.2, -0.15) is 0 Å². The topological polar surface area (TPSA) is 43.4 Å². The van der Waals surface area contributed by atoms with Gasteiger partial charge in [0.05, 0.1) is 12.7 Å². The van der Waals surface area contributed by atoms with E-state index in [9.17, 15) is 9.59 Å². The molecule has 0 aliphatic heterocycles. The van der Waals surface area contributed by atoms with E-state index in [0.29, 0.717) is 17.5 Å². The van der Waals surface area contributed by atoms with Crippen molar-refractivity contribution in [2.45, 2.75) is 13.3 Å². The first-order valence-corrected chi connectivity index (χ1v) is 6.37. The fraction of sp³-hybridized carbons (Fsp3) is 0.176. The zero-order valence-electron chi connectivity index (χ0n) is 11.6. The maximum absolute atomic E-state index is 12.2. The number of esters is 1. The molecule has 2 rings (SSSR count). The van der Waals surface area contributed by atoms with Crippen LogP contribution in [0.15, 0.2) is 48.5 Å². The Hall–Kier alpha value is -2.42. The number of aryl methyl sites for hydroxylation is 1. The van der Waals surface area contributed by atoms with Gasteiger partial charge < -0.3 is 4.74 Å². The van der Waals surface area contributed by atoms with Gasteiger partial charge in [0.15, 0.2) is 5.78 Å². The number of hydrogen-bond acceptors (Lipinski definition) is 3. The summed E-state index contributed by atoms with van der Waals surface area (Å²) in [7, 11) is 1.32. The van der Waals surface area contributed by atoms with E-state index in [4.69, 9.17) is 0 Å². The molecule has 0 aliphatic rings. The lowest BCUT2D eigenvalue weighted by Crippen LogP contribution is -2.07. The number of Topliss-reactive ketones (excluding diaryl/α,β-unsaturated/α-hetero) is 1. The number of methoxy groups -OCH3 is 1. The number of carbonyl (C=O) groups is 2. The van der Waals surface area contributed by atoms with Crippen molar-refractivity contribution in [1.82, 2.24) is 0 Å². The number of carbonyl (C=O) groups excluding carboxylic acids is 2. The van der Waals surface area contributed by atoms with E-state index >= 15 is 0 Å². The highest BCUT2D eigenvalue weighted by Crippen LogP contribution is 2.11. The number of rotatable bonds is 4. The van der Waals surface area contributed by atoms with Crippen LogP contribution >= 0.6 is 0 Å². The molecule has 0 spiro atoms. The molecule has 0 N–H and O–H groups in total. The lowest BCUT2D eigenvalue weighted by molar-refractivity contribution is 0.0600. The SMILES string of the molecule is COC(=O)c1cccc(C(=O)Cc2ccc(C)cc2)c1. The molecule has 0 saturated heterocycles. The number of benzene rings is 2. The van der Waals surface area contributed by atoms with Crippen LogP contribution in [0.25, 0.3) is 0 Å². The average Bonchev–Trinajstić information content (AvgIpc) is 2.49. The lowest BCUT2D eigenvalue weighted by atomic mass is 10.0. The quantitative estimate of drug-likeness (QED) is 0.631. The van der Waals surface area contributed by atoms with Crippen molar-refractivity contribution in [2.24, 2.45) is 0 Å². The monoisotopic (exact) mass is 268 g/mol. The second-order valence-corrected chi connectivity index (χ2v) is 4.66. The van der Waals surface area contributed by atoms with Gasteiger partial charge in [-0.25, -0.2) is 4.79 Å². The third kappa shape index (κ3) is 3.32. The highest BCUT2D eigenvalue weighted by Gasteiger charge is 2.11. The normalized spacial score (nSPS) is 10.1. The van der Waals surface area contributed by atoms with Crippen molar-refractivity contribution < 1.29 is 14.3 Å². The van der Waals surface area contributed by atoms with Gasteiger partial charge in [0.25, 0.3) is 0 Å². The standard InChI is InChI=1S/C17H16O3/c1-12-6-8-13(9-7-12)10-16(18)14-4-3-5-15(11-14)17(19)20-2/h3-9,11H,10H2,1-2H3. The molecule has 0 heterocycles. The molecule has 0 atom stereocenters. The molecule has 2 aromatic carbocycles. The summed E-state index contributed by atoms with van der Waals surface area (Å²) in [6, 6.07) is 14.4. The summed E-state index contributed by atoms with van der Waals surface area (Å²) in [4.78, 5) is 23.7. The van der Waals surface area contributed by atoms with Gasteiger partial charge >= 0.3 is 5.97 Å². The molecule has 0 aliphatic carbocycles. The van der Waals surface area contributed by atoms with Gasteiger partial charge in [0.2, 0.25) is 0 Å². The largest absolute Gasteiger partial charge is 0.465 e. The predicted molar refractivity (Wildman–Crippen MR) is 77.0 cm³/mol. The van der Waals surface area contributed by atoms with Gasteiger partial charge in [-0.3, -0.25) is 4.79 Å². The van der Waals surface area contributed by atoms with Gasteiger partial charge in [0, 0.05) is 12.0 Å². The molecule has 3 heteroatoms. The first-order chi connectivity index (χ1) is 9.60. The van der Waals surface area contributed by atoms with E-state index in [1.807, 2.05) is 31.2 Å². The average molecular weight is 268 g/mol. The maximum Gasteiger partial charge on any atom is 0.337 e. The van der Waals surface area contributed by atoms with Crippen LogP contribution in [0.2, 0.25) is 0 Å². The van der Waals surface area contributed by atoms with Crippen LogP contribution in [-0.4, -0.2) is 18.9 Å². The number of ketones is 1. The molecule has 0 saturated carbocycles. The predicted octanol–water partition coefficient (Wildman–Crippen LogP) is 3.21. The molecule has 3 nitrogen and oxygen atoms in total. The number of ether oxygens (including phenoxy) is 1. The van der Waals surface area contributed by atoms with E-state index in [-0.39, 0.29) is 5.78 Å². The molecule has 0 unspecified atom stereocenters. The highest BCUT2D eigenvalue weighted by molar-refractivity contribution is 6.00. The molecular formula is C17H16O3. The number of hydrogen-bond donors (Lipinski definition) is 0. The first-order valence-electron chi connectivity index (χ1n) is 6.37. The van der Waals surface area contributed by atoms with Gasteiger partial charge in [0.1, 0.15) is 0 Å². The van der Waals surface area contributed by atoms with Crippen molar-refractivity contribution >= 4 is 11.8 Å². The Morgan fingerprint density at radius 2 is 1.65 bits per heavy atom. The zero-order chi connectivity index (χ0) is 14.5. The Morgan fingerprint density at radius 3 is 2.30 bits per heavy atom. The van der Waals surface area contributed by atoms with Crippen molar-refractivity contribution in [3.05, 3.63) is 70.8 Å². The van der Waals surface area contributed by atoms with E-state index in [1.165, 1.54) is 7.11 Å². The first kappa shape index (κ1) is 14.0. The molecule has 20 heavy (non-hydrogen) atoms. The molecule has 0 aromatic heterocycles. The minimum absolute atomic E-state index is 0.0143. The summed E-state index contributed by atoms with van der Waals surface area (Å²) in [5.74, 6) is -0.449. The second kappa shape index (κ2) is 6.15. The molecular weight excluding hydrogens is 252 g/mol. The molecule has 0 fully saturated rings. The summed E-state index contributed by atoms with van der Waals surface area (Å²) >= 11 is 0.